The van der Waals surface area contributed by atoms with Gasteiger partial charge >= 0.3 is 0 Å². The average molecular weight is 298 g/mol. The normalized spacial score (nSPS) is 11.3. The highest BCUT2D eigenvalue weighted by Gasteiger charge is 2.17. The number of amides is 1. The van der Waals surface area contributed by atoms with Gasteiger partial charge in [0, 0.05) is 12.2 Å². The van der Waals surface area contributed by atoms with E-state index in [0.717, 1.165) is 11.3 Å². The van der Waals surface area contributed by atoms with Gasteiger partial charge in [0.15, 0.2) is 0 Å². The Morgan fingerprint density at radius 3 is 2.55 bits per heavy atom. The summed E-state index contributed by atoms with van der Waals surface area (Å²) in [5.41, 5.74) is 1.84. The predicted molar refractivity (Wildman–Crippen MR) is 81.3 cm³/mol. The van der Waals surface area contributed by atoms with Gasteiger partial charge in [-0.15, -0.1) is 0 Å². The molecule has 5 nitrogen and oxygen atoms in total. The maximum absolute atomic E-state index is 12.1. The number of sulfonamides is 1. The lowest BCUT2D eigenvalue weighted by molar-refractivity contribution is -0.117. The van der Waals surface area contributed by atoms with Crippen LogP contribution in [-0.2, 0) is 14.8 Å². The Morgan fingerprint density at radius 1 is 1.30 bits per heavy atom. The molecule has 1 N–H and O–H groups in total. The van der Waals surface area contributed by atoms with Crippen LogP contribution in [0.3, 0.4) is 0 Å². The van der Waals surface area contributed by atoms with Crippen LogP contribution in [0.25, 0.3) is 0 Å². The molecule has 0 unspecified atom stereocenters. The standard InChI is InChI=1S/C14H22N2O3S/c1-4-9-20(18,19)15-11-14(17)16(5-2)13-8-6-7-12(3)10-13/h6-8,10,15H,4-5,9,11H2,1-3H3. The molecule has 20 heavy (non-hydrogen) atoms. The molecular formula is C14H22N2O3S. The summed E-state index contributed by atoms with van der Waals surface area (Å²) < 4.78 is 25.4. The van der Waals surface area contributed by atoms with E-state index in [2.05, 4.69) is 4.72 Å². The molecule has 112 valence electrons. The highest BCUT2D eigenvalue weighted by molar-refractivity contribution is 7.89. The number of carbonyl (C=O) groups is 1. The van der Waals surface area contributed by atoms with Crippen LogP contribution >= 0.6 is 0 Å². The van der Waals surface area contributed by atoms with Gasteiger partial charge in [0.05, 0.1) is 12.3 Å². The minimum absolute atomic E-state index is 0.0385. The fourth-order valence-corrected chi connectivity index (χ4v) is 2.93. The van der Waals surface area contributed by atoms with Crippen molar-refractivity contribution in [2.45, 2.75) is 27.2 Å². The minimum Gasteiger partial charge on any atom is -0.312 e. The summed E-state index contributed by atoms with van der Waals surface area (Å²) in [7, 11) is -3.36. The lowest BCUT2D eigenvalue weighted by Crippen LogP contribution is -2.40. The molecule has 1 rings (SSSR count). The fraction of sp³-hybridized carbons (Fsp3) is 0.500. The zero-order chi connectivity index (χ0) is 15.2. The van der Waals surface area contributed by atoms with Crippen LogP contribution in [-0.4, -0.2) is 33.2 Å². The van der Waals surface area contributed by atoms with Crippen LogP contribution in [0.5, 0.6) is 0 Å². The number of nitrogens with one attached hydrogen (secondary N) is 1. The first kappa shape index (κ1) is 16.7. The van der Waals surface area contributed by atoms with E-state index in [9.17, 15) is 13.2 Å². The molecular weight excluding hydrogens is 276 g/mol. The zero-order valence-corrected chi connectivity index (χ0v) is 13.0. The Bertz CT molecular complexity index is 555. The van der Waals surface area contributed by atoms with Gasteiger partial charge in [0.1, 0.15) is 0 Å². The molecule has 0 bridgehead atoms. The van der Waals surface area contributed by atoms with E-state index in [4.69, 9.17) is 0 Å². The summed E-state index contributed by atoms with van der Waals surface area (Å²) in [5.74, 6) is -0.214. The maximum Gasteiger partial charge on any atom is 0.242 e. The molecule has 0 saturated carbocycles. The van der Waals surface area contributed by atoms with E-state index in [1.807, 2.05) is 38.1 Å². The first-order chi connectivity index (χ1) is 9.39. The number of carbonyl (C=O) groups excluding carboxylic acids is 1. The topological polar surface area (TPSA) is 66.5 Å². The Morgan fingerprint density at radius 2 is 2.00 bits per heavy atom. The molecule has 0 fully saturated rings. The van der Waals surface area contributed by atoms with Crippen molar-refractivity contribution in [1.82, 2.24) is 4.72 Å². The molecule has 0 aliphatic rings. The second kappa shape index (κ2) is 7.40. The van der Waals surface area contributed by atoms with Crippen LogP contribution in [0, 0.1) is 6.92 Å². The van der Waals surface area contributed by atoms with E-state index >= 15 is 0 Å². The highest BCUT2D eigenvalue weighted by Crippen LogP contribution is 2.15. The molecule has 1 aromatic rings. The number of rotatable bonds is 7. The summed E-state index contributed by atoms with van der Waals surface area (Å²) in [6.07, 6.45) is 0.527. The number of benzene rings is 1. The second-order valence-corrected chi connectivity index (χ2v) is 6.54. The van der Waals surface area contributed by atoms with Crippen molar-refractivity contribution < 1.29 is 13.2 Å². The molecule has 1 aromatic carbocycles. The third-order valence-electron chi connectivity index (χ3n) is 2.85. The van der Waals surface area contributed by atoms with E-state index in [1.54, 1.807) is 11.8 Å². The predicted octanol–water partition coefficient (Wildman–Crippen LogP) is 1.68. The van der Waals surface area contributed by atoms with Gasteiger partial charge < -0.3 is 4.90 Å². The van der Waals surface area contributed by atoms with Gasteiger partial charge in [-0.05, 0) is 38.0 Å². The number of hydrogen-bond acceptors (Lipinski definition) is 3. The van der Waals surface area contributed by atoms with E-state index in [-0.39, 0.29) is 18.2 Å². The van der Waals surface area contributed by atoms with Crippen molar-refractivity contribution in [3.63, 3.8) is 0 Å². The summed E-state index contributed by atoms with van der Waals surface area (Å²) >= 11 is 0. The number of nitrogens with zero attached hydrogens (tertiary/aromatic N) is 1. The van der Waals surface area contributed by atoms with Gasteiger partial charge in [-0.25, -0.2) is 13.1 Å². The number of aryl methyl sites for hydroxylation is 1. The Hall–Kier alpha value is -1.40. The molecule has 0 saturated heterocycles. The number of anilines is 1. The molecule has 0 aromatic heterocycles. The van der Waals surface area contributed by atoms with Crippen molar-refractivity contribution >= 4 is 21.6 Å². The third-order valence-corrected chi connectivity index (χ3v) is 4.38. The maximum atomic E-state index is 12.1. The van der Waals surface area contributed by atoms with Gasteiger partial charge in [-0.3, -0.25) is 4.79 Å². The van der Waals surface area contributed by atoms with Crippen LogP contribution < -0.4 is 9.62 Å². The smallest absolute Gasteiger partial charge is 0.242 e. The third kappa shape index (κ3) is 4.94. The second-order valence-electron chi connectivity index (χ2n) is 4.62. The first-order valence-corrected chi connectivity index (χ1v) is 8.39. The lowest BCUT2D eigenvalue weighted by atomic mass is 10.2. The van der Waals surface area contributed by atoms with Crippen molar-refractivity contribution in [3.05, 3.63) is 29.8 Å². The number of hydrogen-bond donors (Lipinski definition) is 1. The quantitative estimate of drug-likeness (QED) is 0.833. The van der Waals surface area contributed by atoms with Gasteiger partial charge in [-0.1, -0.05) is 19.1 Å². The Kier molecular flexibility index (Phi) is 6.16. The van der Waals surface area contributed by atoms with E-state index in [0.29, 0.717) is 13.0 Å². The van der Waals surface area contributed by atoms with E-state index in [1.165, 1.54) is 0 Å². The molecule has 0 heterocycles. The van der Waals surface area contributed by atoms with Crippen molar-refractivity contribution in [1.29, 1.82) is 0 Å². The molecule has 0 atom stereocenters. The van der Waals surface area contributed by atoms with Crippen LogP contribution in [0.15, 0.2) is 24.3 Å². The average Bonchev–Trinajstić information content (AvgIpc) is 2.37. The highest BCUT2D eigenvalue weighted by atomic mass is 32.2. The van der Waals surface area contributed by atoms with Crippen molar-refractivity contribution in [2.75, 3.05) is 23.7 Å². The van der Waals surface area contributed by atoms with Crippen LogP contribution in [0.1, 0.15) is 25.8 Å². The Labute approximate surface area is 121 Å². The largest absolute Gasteiger partial charge is 0.312 e. The lowest BCUT2D eigenvalue weighted by Gasteiger charge is -2.21. The summed E-state index contributed by atoms with van der Waals surface area (Å²) in [6.45, 7) is 5.89. The number of likely N-dealkylation sites (N-methyl/N-ethyl adjacent to an activating group) is 1. The minimum atomic E-state index is -3.36. The van der Waals surface area contributed by atoms with Crippen LogP contribution in [0.2, 0.25) is 0 Å². The molecule has 0 aliphatic heterocycles. The molecule has 0 aliphatic carbocycles. The van der Waals surface area contributed by atoms with Crippen molar-refractivity contribution in [2.24, 2.45) is 0 Å². The van der Waals surface area contributed by atoms with E-state index < -0.39 is 10.0 Å². The fourth-order valence-electron chi connectivity index (χ4n) is 1.91. The Balaban J connectivity index is 2.74. The molecule has 0 spiro atoms. The van der Waals surface area contributed by atoms with Gasteiger partial charge in [0.25, 0.3) is 0 Å². The summed E-state index contributed by atoms with van der Waals surface area (Å²) in [5, 5.41) is 0. The molecule has 0 radical (unpaired) electrons. The van der Waals surface area contributed by atoms with Crippen molar-refractivity contribution in [3.8, 4) is 0 Å². The van der Waals surface area contributed by atoms with Crippen LogP contribution in [0.4, 0.5) is 5.69 Å². The first-order valence-electron chi connectivity index (χ1n) is 6.74. The summed E-state index contributed by atoms with van der Waals surface area (Å²) in [6, 6.07) is 7.57. The SMILES string of the molecule is CCCS(=O)(=O)NCC(=O)N(CC)c1cccc(C)c1. The monoisotopic (exact) mass is 298 g/mol. The molecule has 6 heteroatoms. The zero-order valence-electron chi connectivity index (χ0n) is 12.2. The van der Waals surface area contributed by atoms with Gasteiger partial charge in [-0.2, -0.15) is 0 Å². The molecule has 1 amide bonds. The van der Waals surface area contributed by atoms with Gasteiger partial charge in [0.2, 0.25) is 15.9 Å². The summed E-state index contributed by atoms with van der Waals surface area (Å²) in [4.78, 5) is 13.7.